The minimum atomic E-state index is 0.798. The molecule has 0 atom stereocenters. The fourth-order valence-electron chi connectivity index (χ4n) is 6.10. The molecule has 0 spiro atoms. The molecule has 0 heterocycles. The van der Waals surface area contributed by atoms with Crippen molar-refractivity contribution in [2.24, 2.45) is 17.8 Å². The number of benzene rings is 2. The van der Waals surface area contributed by atoms with E-state index in [-0.39, 0.29) is 0 Å². The predicted octanol–water partition coefficient (Wildman–Crippen LogP) is 8.83. The average molecular weight is 403 g/mol. The van der Waals surface area contributed by atoms with Gasteiger partial charge in [0.15, 0.2) is 0 Å². The standard InChI is InChI=1S/C30H42/c1-22(2)4-7-24-8-12-26(13-9-24)28-16-20-30(21-17-28)29-18-14-27(15-19-29)25-10-5-23(3)6-11-25/h5-6,8-13,22,27-30H,4,7,14-21H2,1-3H3. The Morgan fingerprint density at radius 3 is 1.50 bits per heavy atom. The van der Waals surface area contributed by atoms with Gasteiger partial charge in [-0.1, -0.05) is 67.9 Å². The lowest BCUT2D eigenvalue weighted by Gasteiger charge is -2.38. The van der Waals surface area contributed by atoms with Gasteiger partial charge in [-0.2, -0.15) is 0 Å². The van der Waals surface area contributed by atoms with Crippen LogP contribution in [-0.4, -0.2) is 0 Å². The molecule has 0 amide bonds. The van der Waals surface area contributed by atoms with Crippen molar-refractivity contribution in [2.75, 3.05) is 0 Å². The summed E-state index contributed by atoms with van der Waals surface area (Å²) in [6.45, 7) is 6.84. The molecule has 2 fully saturated rings. The van der Waals surface area contributed by atoms with E-state index in [1.54, 1.807) is 11.1 Å². The van der Waals surface area contributed by atoms with Crippen molar-refractivity contribution in [1.29, 1.82) is 0 Å². The van der Waals surface area contributed by atoms with E-state index in [0.717, 1.165) is 29.6 Å². The van der Waals surface area contributed by atoms with Gasteiger partial charge >= 0.3 is 0 Å². The van der Waals surface area contributed by atoms with Crippen molar-refractivity contribution >= 4 is 0 Å². The fourth-order valence-corrected chi connectivity index (χ4v) is 6.10. The summed E-state index contributed by atoms with van der Waals surface area (Å²) in [6.07, 6.45) is 14.0. The summed E-state index contributed by atoms with van der Waals surface area (Å²) in [5.41, 5.74) is 6.09. The topological polar surface area (TPSA) is 0 Å². The highest BCUT2D eigenvalue weighted by atomic mass is 14.4. The molecular formula is C30H42. The van der Waals surface area contributed by atoms with Gasteiger partial charge in [0.1, 0.15) is 0 Å². The van der Waals surface area contributed by atoms with Gasteiger partial charge in [-0.05, 0) is 117 Å². The summed E-state index contributed by atoms with van der Waals surface area (Å²) in [4.78, 5) is 0. The van der Waals surface area contributed by atoms with Gasteiger partial charge in [-0.15, -0.1) is 0 Å². The lowest BCUT2D eigenvalue weighted by atomic mass is 9.67. The third kappa shape index (κ3) is 5.57. The highest BCUT2D eigenvalue weighted by Crippen LogP contribution is 2.45. The minimum absolute atomic E-state index is 0.798. The third-order valence-electron chi connectivity index (χ3n) is 8.22. The van der Waals surface area contributed by atoms with E-state index in [0.29, 0.717) is 0 Å². The van der Waals surface area contributed by atoms with Gasteiger partial charge in [-0.25, -0.2) is 0 Å². The molecule has 0 nitrogen and oxygen atoms in total. The monoisotopic (exact) mass is 402 g/mol. The second-order valence-corrected chi connectivity index (χ2v) is 10.8. The first-order valence-corrected chi connectivity index (χ1v) is 12.7. The molecule has 2 aliphatic rings. The second kappa shape index (κ2) is 10.2. The average Bonchev–Trinajstić information content (AvgIpc) is 2.79. The molecule has 2 aliphatic carbocycles. The van der Waals surface area contributed by atoms with Crippen molar-refractivity contribution in [2.45, 2.75) is 96.8 Å². The number of hydrogen-bond acceptors (Lipinski definition) is 0. The van der Waals surface area contributed by atoms with Crippen molar-refractivity contribution in [3.8, 4) is 0 Å². The quantitative estimate of drug-likeness (QED) is 0.452. The summed E-state index contributed by atoms with van der Waals surface area (Å²) in [7, 11) is 0. The van der Waals surface area contributed by atoms with Crippen molar-refractivity contribution in [1.82, 2.24) is 0 Å². The molecule has 0 saturated heterocycles. The molecule has 30 heavy (non-hydrogen) atoms. The van der Waals surface area contributed by atoms with Crippen LogP contribution < -0.4 is 0 Å². The van der Waals surface area contributed by atoms with E-state index in [1.165, 1.54) is 75.3 Å². The van der Waals surface area contributed by atoms with Gasteiger partial charge in [-0.3, -0.25) is 0 Å². The first-order chi connectivity index (χ1) is 14.6. The normalized spacial score (nSPS) is 27.3. The van der Waals surface area contributed by atoms with E-state index in [9.17, 15) is 0 Å². The summed E-state index contributed by atoms with van der Waals surface area (Å²) >= 11 is 0. The lowest BCUT2D eigenvalue weighted by Crippen LogP contribution is -2.25. The first kappa shape index (κ1) is 21.7. The van der Waals surface area contributed by atoms with Crippen LogP contribution in [0.5, 0.6) is 0 Å². The highest BCUT2D eigenvalue weighted by molar-refractivity contribution is 5.26. The minimum Gasteiger partial charge on any atom is -0.0628 e. The SMILES string of the molecule is Cc1ccc(C2CCC(C3CCC(c4ccc(CCC(C)C)cc4)CC3)CC2)cc1. The maximum absolute atomic E-state index is 2.44. The van der Waals surface area contributed by atoms with Crippen LogP contribution in [0.2, 0.25) is 0 Å². The highest BCUT2D eigenvalue weighted by Gasteiger charge is 2.31. The van der Waals surface area contributed by atoms with Crippen LogP contribution in [0.15, 0.2) is 48.5 Å². The van der Waals surface area contributed by atoms with Gasteiger partial charge in [0.25, 0.3) is 0 Å². The Morgan fingerprint density at radius 2 is 1.07 bits per heavy atom. The molecule has 0 bridgehead atoms. The second-order valence-electron chi connectivity index (χ2n) is 10.8. The molecule has 0 unspecified atom stereocenters. The molecular weight excluding hydrogens is 360 g/mol. The first-order valence-electron chi connectivity index (χ1n) is 12.7. The van der Waals surface area contributed by atoms with Crippen LogP contribution >= 0.6 is 0 Å². The molecule has 162 valence electrons. The molecule has 2 aromatic rings. The summed E-state index contributed by atoms with van der Waals surface area (Å²) < 4.78 is 0. The maximum Gasteiger partial charge on any atom is -0.0162 e. The van der Waals surface area contributed by atoms with Crippen LogP contribution in [0.25, 0.3) is 0 Å². The van der Waals surface area contributed by atoms with Crippen LogP contribution in [0, 0.1) is 24.7 Å². The van der Waals surface area contributed by atoms with Gasteiger partial charge in [0.2, 0.25) is 0 Å². The van der Waals surface area contributed by atoms with Crippen LogP contribution in [0.4, 0.5) is 0 Å². The zero-order chi connectivity index (χ0) is 20.9. The summed E-state index contributed by atoms with van der Waals surface area (Å²) in [5.74, 6) is 4.40. The fraction of sp³-hybridized carbons (Fsp3) is 0.600. The van der Waals surface area contributed by atoms with E-state index >= 15 is 0 Å². The molecule has 4 rings (SSSR count). The van der Waals surface area contributed by atoms with E-state index in [1.807, 2.05) is 0 Å². The molecule has 0 aliphatic heterocycles. The number of rotatable bonds is 6. The third-order valence-corrected chi connectivity index (χ3v) is 8.22. The Labute approximate surface area is 185 Å². The zero-order valence-corrected chi connectivity index (χ0v) is 19.6. The largest absolute Gasteiger partial charge is 0.0628 e. The van der Waals surface area contributed by atoms with Crippen LogP contribution in [0.1, 0.15) is 106 Å². The van der Waals surface area contributed by atoms with Gasteiger partial charge in [0.05, 0.1) is 0 Å². The Balaban J connectivity index is 1.23. The summed E-state index contributed by atoms with van der Waals surface area (Å²) in [5, 5.41) is 0. The maximum atomic E-state index is 2.44. The smallest absolute Gasteiger partial charge is 0.0162 e. The number of hydrogen-bond donors (Lipinski definition) is 0. The summed E-state index contributed by atoms with van der Waals surface area (Å²) in [6, 6.07) is 19.0. The van der Waals surface area contributed by atoms with Gasteiger partial charge in [0, 0.05) is 0 Å². The van der Waals surface area contributed by atoms with Crippen molar-refractivity contribution < 1.29 is 0 Å². The Hall–Kier alpha value is -1.56. The molecule has 2 aromatic carbocycles. The number of aryl methyl sites for hydroxylation is 2. The zero-order valence-electron chi connectivity index (χ0n) is 19.6. The van der Waals surface area contributed by atoms with E-state index in [4.69, 9.17) is 0 Å². The van der Waals surface area contributed by atoms with Crippen LogP contribution in [0.3, 0.4) is 0 Å². The van der Waals surface area contributed by atoms with Crippen LogP contribution in [-0.2, 0) is 6.42 Å². The Bertz CT molecular complexity index is 751. The molecule has 0 radical (unpaired) electrons. The van der Waals surface area contributed by atoms with E-state index < -0.39 is 0 Å². The molecule has 0 heteroatoms. The molecule has 2 saturated carbocycles. The molecule has 0 aromatic heterocycles. The van der Waals surface area contributed by atoms with Crippen molar-refractivity contribution in [3.63, 3.8) is 0 Å². The Kier molecular flexibility index (Phi) is 7.34. The lowest BCUT2D eigenvalue weighted by molar-refractivity contribution is 0.177. The van der Waals surface area contributed by atoms with Crippen molar-refractivity contribution in [3.05, 3.63) is 70.8 Å². The predicted molar refractivity (Wildman–Crippen MR) is 130 cm³/mol. The molecule has 0 N–H and O–H groups in total. The van der Waals surface area contributed by atoms with E-state index in [2.05, 4.69) is 69.3 Å². The Morgan fingerprint density at radius 1 is 0.633 bits per heavy atom. The van der Waals surface area contributed by atoms with Gasteiger partial charge < -0.3 is 0 Å².